The van der Waals surface area contributed by atoms with E-state index in [2.05, 4.69) is 12.2 Å². The van der Waals surface area contributed by atoms with Crippen LogP contribution >= 0.6 is 0 Å². The smallest absolute Gasteiger partial charge is 0.335 e. The monoisotopic (exact) mass is 250 g/mol. The van der Waals surface area contributed by atoms with Gasteiger partial charge in [-0.3, -0.25) is 0 Å². The molecule has 0 bridgehead atoms. The average molecular weight is 250 g/mol. The molecule has 0 spiro atoms. The molecule has 0 aromatic heterocycles. The van der Waals surface area contributed by atoms with Crippen LogP contribution in [0.1, 0.15) is 30.1 Å². The van der Waals surface area contributed by atoms with E-state index in [9.17, 15) is 4.79 Å². The lowest BCUT2D eigenvalue weighted by atomic mass is 9.92. The standard InChI is InChI=1S/C13H18N2O3/c1-13(4-6-18-7-5-13)15-11-8-9(12(16)17)2-3-10(11)14/h2-3,8,15H,4-7,14H2,1H3,(H,16,17). The Kier molecular flexibility index (Phi) is 3.43. The Balaban J connectivity index is 2.22. The number of hydrogen-bond donors (Lipinski definition) is 3. The van der Waals surface area contributed by atoms with Crippen LogP contribution in [-0.2, 0) is 4.74 Å². The highest BCUT2D eigenvalue weighted by Crippen LogP contribution is 2.29. The first-order chi connectivity index (χ1) is 8.50. The summed E-state index contributed by atoms with van der Waals surface area (Å²) in [6.45, 7) is 3.52. The second-order valence-corrected chi connectivity index (χ2v) is 4.91. The Labute approximate surface area is 106 Å². The maximum Gasteiger partial charge on any atom is 0.335 e. The lowest BCUT2D eigenvalue weighted by Crippen LogP contribution is -2.40. The molecule has 1 fully saturated rings. The number of nitrogen functional groups attached to an aromatic ring is 1. The van der Waals surface area contributed by atoms with Crippen LogP contribution in [0.2, 0.25) is 0 Å². The largest absolute Gasteiger partial charge is 0.478 e. The lowest BCUT2D eigenvalue weighted by molar-refractivity contribution is 0.0656. The summed E-state index contributed by atoms with van der Waals surface area (Å²) in [6.07, 6.45) is 1.76. The van der Waals surface area contributed by atoms with Gasteiger partial charge >= 0.3 is 5.97 Å². The minimum absolute atomic E-state index is 0.0938. The van der Waals surface area contributed by atoms with Gasteiger partial charge in [-0.15, -0.1) is 0 Å². The molecular weight excluding hydrogens is 232 g/mol. The molecule has 5 heteroatoms. The fourth-order valence-electron chi connectivity index (χ4n) is 2.07. The van der Waals surface area contributed by atoms with E-state index >= 15 is 0 Å². The molecule has 1 aromatic carbocycles. The van der Waals surface area contributed by atoms with Crippen LogP contribution in [0, 0.1) is 0 Å². The van der Waals surface area contributed by atoms with Crippen LogP contribution in [0.5, 0.6) is 0 Å². The van der Waals surface area contributed by atoms with Gasteiger partial charge in [-0.2, -0.15) is 0 Å². The number of nitrogens with two attached hydrogens (primary N) is 1. The molecule has 1 heterocycles. The molecule has 0 unspecified atom stereocenters. The van der Waals surface area contributed by atoms with Gasteiger partial charge < -0.3 is 20.9 Å². The van der Waals surface area contributed by atoms with Gasteiger partial charge in [0, 0.05) is 18.8 Å². The van der Waals surface area contributed by atoms with Crippen molar-refractivity contribution in [1.29, 1.82) is 0 Å². The summed E-state index contributed by atoms with van der Waals surface area (Å²) in [5.74, 6) is -0.949. The highest BCUT2D eigenvalue weighted by atomic mass is 16.5. The molecule has 0 aliphatic carbocycles. The maximum atomic E-state index is 10.9. The van der Waals surface area contributed by atoms with E-state index in [1.54, 1.807) is 12.1 Å². The number of carboxylic acid groups (broad SMARTS) is 1. The molecule has 0 radical (unpaired) electrons. The Morgan fingerprint density at radius 1 is 1.44 bits per heavy atom. The van der Waals surface area contributed by atoms with Gasteiger partial charge in [0.2, 0.25) is 0 Å². The summed E-state index contributed by atoms with van der Waals surface area (Å²) >= 11 is 0. The first-order valence-electron chi connectivity index (χ1n) is 5.99. The van der Waals surface area contributed by atoms with Crippen molar-refractivity contribution in [2.75, 3.05) is 24.3 Å². The summed E-state index contributed by atoms with van der Waals surface area (Å²) in [4.78, 5) is 10.9. The number of benzene rings is 1. The van der Waals surface area contributed by atoms with E-state index in [1.807, 2.05) is 0 Å². The van der Waals surface area contributed by atoms with Crippen molar-refractivity contribution in [2.24, 2.45) is 0 Å². The third kappa shape index (κ3) is 2.73. The van der Waals surface area contributed by atoms with Crippen molar-refractivity contribution in [3.8, 4) is 0 Å². The van der Waals surface area contributed by atoms with Crippen LogP contribution in [0.15, 0.2) is 18.2 Å². The zero-order valence-corrected chi connectivity index (χ0v) is 10.4. The molecule has 0 saturated carbocycles. The number of aromatic carboxylic acids is 1. The van der Waals surface area contributed by atoms with Crippen LogP contribution in [0.3, 0.4) is 0 Å². The van der Waals surface area contributed by atoms with Crippen molar-refractivity contribution >= 4 is 17.3 Å². The van der Waals surface area contributed by atoms with E-state index in [0.29, 0.717) is 24.6 Å². The molecule has 18 heavy (non-hydrogen) atoms. The number of ether oxygens (including phenoxy) is 1. The van der Waals surface area contributed by atoms with Gasteiger partial charge in [-0.25, -0.2) is 4.79 Å². The Morgan fingerprint density at radius 2 is 2.11 bits per heavy atom. The highest BCUT2D eigenvalue weighted by Gasteiger charge is 2.27. The van der Waals surface area contributed by atoms with Crippen molar-refractivity contribution in [2.45, 2.75) is 25.3 Å². The normalized spacial score (nSPS) is 18.3. The Hall–Kier alpha value is -1.75. The van der Waals surface area contributed by atoms with E-state index < -0.39 is 5.97 Å². The molecule has 0 amide bonds. The molecule has 1 aromatic rings. The molecule has 1 aliphatic heterocycles. The van der Waals surface area contributed by atoms with Gasteiger partial charge in [0.1, 0.15) is 0 Å². The number of hydrogen-bond acceptors (Lipinski definition) is 4. The van der Waals surface area contributed by atoms with E-state index in [4.69, 9.17) is 15.6 Å². The highest BCUT2D eigenvalue weighted by molar-refractivity contribution is 5.90. The second kappa shape index (κ2) is 4.86. The molecule has 5 nitrogen and oxygen atoms in total. The van der Waals surface area contributed by atoms with Gasteiger partial charge in [-0.05, 0) is 38.0 Å². The number of nitrogens with one attached hydrogen (secondary N) is 1. The summed E-state index contributed by atoms with van der Waals surface area (Å²) in [5, 5.41) is 12.3. The predicted molar refractivity (Wildman–Crippen MR) is 69.9 cm³/mol. The van der Waals surface area contributed by atoms with Crippen LogP contribution in [0.4, 0.5) is 11.4 Å². The van der Waals surface area contributed by atoms with Gasteiger partial charge in [0.25, 0.3) is 0 Å². The average Bonchev–Trinajstić information content (AvgIpc) is 2.32. The van der Waals surface area contributed by atoms with Crippen molar-refractivity contribution < 1.29 is 14.6 Å². The first kappa shape index (κ1) is 12.7. The molecule has 1 saturated heterocycles. The van der Waals surface area contributed by atoms with Gasteiger partial charge in [-0.1, -0.05) is 0 Å². The van der Waals surface area contributed by atoms with Crippen LogP contribution in [-0.4, -0.2) is 29.8 Å². The minimum atomic E-state index is -0.949. The molecule has 4 N–H and O–H groups in total. The maximum absolute atomic E-state index is 10.9. The van der Waals surface area contributed by atoms with E-state index in [-0.39, 0.29) is 11.1 Å². The summed E-state index contributed by atoms with van der Waals surface area (Å²) in [5.41, 5.74) is 7.27. The topological polar surface area (TPSA) is 84.6 Å². The Morgan fingerprint density at radius 3 is 2.72 bits per heavy atom. The van der Waals surface area contributed by atoms with E-state index in [1.165, 1.54) is 6.07 Å². The quantitative estimate of drug-likeness (QED) is 0.714. The summed E-state index contributed by atoms with van der Waals surface area (Å²) in [7, 11) is 0. The molecule has 0 atom stereocenters. The number of carbonyl (C=O) groups is 1. The molecule has 98 valence electrons. The fourth-order valence-corrected chi connectivity index (χ4v) is 2.07. The van der Waals surface area contributed by atoms with Crippen molar-refractivity contribution in [1.82, 2.24) is 0 Å². The summed E-state index contributed by atoms with van der Waals surface area (Å²) < 4.78 is 5.33. The number of carboxylic acids is 1. The molecular formula is C13H18N2O3. The van der Waals surface area contributed by atoms with Crippen LogP contribution < -0.4 is 11.1 Å². The second-order valence-electron chi connectivity index (χ2n) is 4.91. The van der Waals surface area contributed by atoms with Crippen molar-refractivity contribution in [3.63, 3.8) is 0 Å². The third-order valence-corrected chi connectivity index (χ3v) is 3.33. The lowest BCUT2D eigenvalue weighted by Gasteiger charge is -2.35. The molecule has 1 aliphatic rings. The van der Waals surface area contributed by atoms with E-state index in [0.717, 1.165) is 12.8 Å². The predicted octanol–water partition coefficient (Wildman–Crippen LogP) is 1.95. The SMILES string of the molecule is CC1(Nc2cc(C(=O)O)ccc2N)CCOCC1. The first-order valence-corrected chi connectivity index (χ1v) is 5.99. The minimum Gasteiger partial charge on any atom is -0.478 e. The molecule has 2 rings (SSSR count). The summed E-state index contributed by atoms with van der Waals surface area (Å²) in [6, 6.07) is 4.71. The van der Waals surface area contributed by atoms with Crippen molar-refractivity contribution in [3.05, 3.63) is 23.8 Å². The van der Waals surface area contributed by atoms with Gasteiger partial charge in [0.05, 0.1) is 16.9 Å². The zero-order valence-electron chi connectivity index (χ0n) is 10.4. The zero-order chi connectivity index (χ0) is 13.2. The van der Waals surface area contributed by atoms with Gasteiger partial charge in [0.15, 0.2) is 0 Å². The fraction of sp³-hybridized carbons (Fsp3) is 0.462. The Bertz CT molecular complexity index is 454. The third-order valence-electron chi connectivity index (χ3n) is 3.33. The van der Waals surface area contributed by atoms with Crippen LogP contribution in [0.25, 0.3) is 0 Å². The number of rotatable bonds is 3. The number of anilines is 2.